The first-order valence-electron chi connectivity index (χ1n) is 7.60. The van der Waals surface area contributed by atoms with Gasteiger partial charge < -0.3 is 10.1 Å². The molecule has 0 unspecified atom stereocenters. The van der Waals surface area contributed by atoms with Crippen LogP contribution in [0.25, 0.3) is 0 Å². The predicted molar refractivity (Wildman–Crippen MR) is 90.4 cm³/mol. The number of aryl methyl sites for hydroxylation is 3. The summed E-state index contributed by atoms with van der Waals surface area (Å²) in [7, 11) is 0. The molecule has 0 bridgehead atoms. The summed E-state index contributed by atoms with van der Waals surface area (Å²) in [6, 6.07) is 13.7. The van der Waals surface area contributed by atoms with Gasteiger partial charge in [-0.3, -0.25) is 4.79 Å². The van der Waals surface area contributed by atoms with E-state index in [1.807, 2.05) is 64.1 Å². The molecule has 0 aliphatic heterocycles. The van der Waals surface area contributed by atoms with Crippen LogP contribution in [0.4, 0.5) is 5.69 Å². The molecule has 0 heterocycles. The summed E-state index contributed by atoms with van der Waals surface area (Å²) in [5.41, 5.74) is 4.18. The van der Waals surface area contributed by atoms with Crippen molar-refractivity contribution in [2.24, 2.45) is 0 Å². The van der Waals surface area contributed by atoms with E-state index in [-0.39, 0.29) is 5.91 Å². The molecule has 22 heavy (non-hydrogen) atoms. The molecule has 2 aromatic rings. The monoisotopic (exact) mass is 297 g/mol. The van der Waals surface area contributed by atoms with Crippen LogP contribution >= 0.6 is 0 Å². The predicted octanol–water partition coefficient (Wildman–Crippen LogP) is 4.41. The Morgan fingerprint density at radius 2 is 1.73 bits per heavy atom. The van der Waals surface area contributed by atoms with Crippen LogP contribution in [0.5, 0.6) is 5.75 Å². The van der Waals surface area contributed by atoms with Crippen molar-refractivity contribution in [3.63, 3.8) is 0 Å². The molecule has 0 aromatic heterocycles. The lowest BCUT2D eigenvalue weighted by atomic mass is 10.1. The maximum Gasteiger partial charge on any atom is 0.265 e. The zero-order chi connectivity index (χ0) is 16.1. The molecule has 2 rings (SSSR count). The molecule has 1 N–H and O–H groups in total. The summed E-state index contributed by atoms with van der Waals surface area (Å²) in [5, 5.41) is 2.95. The first-order valence-corrected chi connectivity index (χ1v) is 7.60. The molecule has 2 aromatic carbocycles. The van der Waals surface area contributed by atoms with Crippen LogP contribution in [-0.2, 0) is 4.79 Å². The Hall–Kier alpha value is -2.29. The number of rotatable bonds is 5. The Bertz CT molecular complexity index is 644. The number of carbonyl (C=O) groups excluding carboxylic acids is 1. The summed E-state index contributed by atoms with van der Waals surface area (Å²) in [6.07, 6.45) is 0.118. The molecule has 0 radical (unpaired) electrons. The van der Waals surface area contributed by atoms with Crippen molar-refractivity contribution in [2.75, 3.05) is 5.32 Å². The highest BCUT2D eigenvalue weighted by Gasteiger charge is 2.18. The zero-order valence-electron chi connectivity index (χ0n) is 13.6. The fourth-order valence-corrected chi connectivity index (χ4v) is 2.44. The topological polar surface area (TPSA) is 38.3 Å². The first-order chi connectivity index (χ1) is 10.5. The smallest absolute Gasteiger partial charge is 0.265 e. The van der Waals surface area contributed by atoms with Gasteiger partial charge in [-0.25, -0.2) is 0 Å². The summed E-state index contributed by atoms with van der Waals surface area (Å²) in [6.45, 7) is 7.98. The van der Waals surface area contributed by atoms with Crippen LogP contribution in [-0.4, -0.2) is 12.0 Å². The van der Waals surface area contributed by atoms with E-state index in [1.54, 1.807) is 0 Å². The number of hydrogen-bond donors (Lipinski definition) is 1. The molecule has 0 spiro atoms. The minimum atomic E-state index is -0.498. The SMILES string of the molecule is CC[C@@H](Oc1cccc(C)c1)C(=O)Nc1cc(C)cc(C)c1. The quantitative estimate of drug-likeness (QED) is 0.888. The number of nitrogens with one attached hydrogen (secondary N) is 1. The first kappa shape index (κ1) is 16.1. The van der Waals surface area contributed by atoms with E-state index >= 15 is 0 Å². The Labute approximate surface area is 132 Å². The van der Waals surface area contributed by atoms with Gasteiger partial charge in [-0.2, -0.15) is 0 Å². The maximum absolute atomic E-state index is 12.4. The molecule has 0 saturated carbocycles. The Balaban J connectivity index is 2.08. The Morgan fingerprint density at radius 1 is 1.05 bits per heavy atom. The third kappa shape index (κ3) is 4.35. The number of benzene rings is 2. The van der Waals surface area contributed by atoms with Crippen LogP contribution in [0.2, 0.25) is 0 Å². The van der Waals surface area contributed by atoms with Crippen LogP contribution in [0.1, 0.15) is 30.0 Å². The Kier molecular flexibility index (Phi) is 5.21. The fourth-order valence-electron chi connectivity index (χ4n) is 2.44. The van der Waals surface area contributed by atoms with Crippen LogP contribution in [0, 0.1) is 20.8 Å². The molecule has 1 atom stereocenters. The van der Waals surface area contributed by atoms with E-state index < -0.39 is 6.10 Å². The summed E-state index contributed by atoms with van der Waals surface area (Å²) >= 11 is 0. The molecular weight excluding hydrogens is 274 g/mol. The zero-order valence-corrected chi connectivity index (χ0v) is 13.6. The van der Waals surface area contributed by atoms with Crippen LogP contribution in [0.3, 0.4) is 0 Å². The highest BCUT2D eigenvalue weighted by molar-refractivity contribution is 5.94. The van der Waals surface area contributed by atoms with Crippen molar-refractivity contribution >= 4 is 11.6 Å². The van der Waals surface area contributed by atoms with Crippen molar-refractivity contribution in [1.29, 1.82) is 0 Å². The van der Waals surface area contributed by atoms with Gasteiger partial charge in [-0.1, -0.05) is 25.1 Å². The van der Waals surface area contributed by atoms with Gasteiger partial charge in [0.25, 0.3) is 5.91 Å². The molecule has 1 amide bonds. The molecule has 116 valence electrons. The standard InChI is InChI=1S/C19H23NO2/c1-5-18(22-17-8-6-7-13(2)12-17)19(21)20-16-10-14(3)9-15(4)11-16/h6-12,18H,5H2,1-4H3,(H,20,21)/t18-/m1/s1. The second-order valence-corrected chi connectivity index (χ2v) is 5.70. The summed E-state index contributed by atoms with van der Waals surface area (Å²) in [4.78, 5) is 12.4. The van der Waals surface area contributed by atoms with E-state index in [4.69, 9.17) is 4.74 Å². The average molecular weight is 297 g/mol. The van der Waals surface area contributed by atoms with Gasteiger partial charge in [0.1, 0.15) is 5.75 Å². The average Bonchev–Trinajstić information content (AvgIpc) is 2.43. The second kappa shape index (κ2) is 7.12. The number of amides is 1. The van der Waals surface area contributed by atoms with E-state index in [2.05, 4.69) is 11.4 Å². The summed E-state index contributed by atoms with van der Waals surface area (Å²) < 4.78 is 5.83. The van der Waals surface area contributed by atoms with Crippen molar-refractivity contribution in [2.45, 2.75) is 40.2 Å². The van der Waals surface area contributed by atoms with Crippen molar-refractivity contribution in [3.8, 4) is 5.75 Å². The third-order valence-corrected chi connectivity index (χ3v) is 3.42. The van der Waals surface area contributed by atoms with Gasteiger partial charge in [-0.05, 0) is 68.1 Å². The molecule has 3 nitrogen and oxygen atoms in total. The Morgan fingerprint density at radius 3 is 2.32 bits per heavy atom. The molecule has 0 aliphatic carbocycles. The van der Waals surface area contributed by atoms with Crippen LogP contribution in [0.15, 0.2) is 42.5 Å². The number of anilines is 1. The lowest BCUT2D eigenvalue weighted by Crippen LogP contribution is -2.32. The molecular formula is C19H23NO2. The van der Waals surface area contributed by atoms with Crippen molar-refractivity contribution in [1.82, 2.24) is 0 Å². The third-order valence-electron chi connectivity index (χ3n) is 3.42. The highest BCUT2D eigenvalue weighted by Crippen LogP contribution is 2.18. The molecule has 0 aliphatic rings. The number of ether oxygens (including phenoxy) is 1. The van der Waals surface area contributed by atoms with Gasteiger partial charge in [-0.15, -0.1) is 0 Å². The fraction of sp³-hybridized carbons (Fsp3) is 0.316. The second-order valence-electron chi connectivity index (χ2n) is 5.70. The normalized spacial score (nSPS) is 11.8. The number of hydrogen-bond acceptors (Lipinski definition) is 2. The van der Waals surface area contributed by atoms with Gasteiger partial charge in [0.2, 0.25) is 0 Å². The van der Waals surface area contributed by atoms with Gasteiger partial charge >= 0.3 is 0 Å². The minimum absolute atomic E-state index is 0.117. The van der Waals surface area contributed by atoms with Gasteiger partial charge in [0, 0.05) is 5.69 Å². The minimum Gasteiger partial charge on any atom is -0.481 e. The van der Waals surface area contributed by atoms with Crippen molar-refractivity contribution in [3.05, 3.63) is 59.2 Å². The number of carbonyl (C=O) groups is 1. The maximum atomic E-state index is 12.4. The van der Waals surface area contributed by atoms with Crippen molar-refractivity contribution < 1.29 is 9.53 Å². The largest absolute Gasteiger partial charge is 0.481 e. The summed E-state index contributed by atoms with van der Waals surface area (Å²) in [5.74, 6) is 0.608. The van der Waals surface area contributed by atoms with E-state index in [1.165, 1.54) is 0 Å². The van der Waals surface area contributed by atoms with E-state index in [0.29, 0.717) is 6.42 Å². The van der Waals surface area contributed by atoms with Crippen LogP contribution < -0.4 is 10.1 Å². The molecule has 0 saturated heterocycles. The van der Waals surface area contributed by atoms with Gasteiger partial charge in [0.15, 0.2) is 6.10 Å². The highest BCUT2D eigenvalue weighted by atomic mass is 16.5. The molecule has 3 heteroatoms. The lowest BCUT2D eigenvalue weighted by molar-refractivity contribution is -0.122. The van der Waals surface area contributed by atoms with E-state index in [9.17, 15) is 4.79 Å². The molecule has 0 fully saturated rings. The van der Waals surface area contributed by atoms with Gasteiger partial charge in [0.05, 0.1) is 0 Å². The van der Waals surface area contributed by atoms with E-state index in [0.717, 1.165) is 28.1 Å². The lowest BCUT2D eigenvalue weighted by Gasteiger charge is -2.18.